The van der Waals surface area contributed by atoms with E-state index in [1.807, 2.05) is 0 Å². The molecule has 150 valence electrons. The van der Waals surface area contributed by atoms with Crippen molar-refractivity contribution >= 4 is 40.4 Å². The second kappa shape index (κ2) is 8.53. The lowest BCUT2D eigenvalue weighted by molar-refractivity contribution is -0.171. The summed E-state index contributed by atoms with van der Waals surface area (Å²) in [6.45, 7) is 0. The van der Waals surface area contributed by atoms with E-state index >= 15 is 0 Å². The van der Waals surface area contributed by atoms with Gasteiger partial charge in [0.05, 0.1) is 0 Å². The Hall–Kier alpha value is -2.06. The molecule has 1 fully saturated rings. The summed E-state index contributed by atoms with van der Waals surface area (Å²) in [6.07, 6.45) is -1.68. The minimum Gasteiger partial charge on any atom is -0.351 e. The lowest BCUT2D eigenvalue weighted by Crippen LogP contribution is -2.50. The normalized spacial score (nSPS) is 16.0. The monoisotopic (exact) mass is 430 g/mol. The van der Waals surface area contributed by atoms with Gasteiger partial charge in [-0.05, 0) is 48.6 Å². The maximum absolute atomic E-state index is 13.4. The third-order valence-electron chi connectivity index (χ3n) is 4.59. The molecule has 1 atom stereocenters. The third-order valence-corrected chi connectivity index (χ3v) is 5.76. The molecule has 4 nitrogen and oxygen atoms in total. The molecule has 1 aromatic heterocycles. The van der Waals surface area contributed by atoms with E-state index in [0.29, 0.717) is 14.8 Å². The van der Waals surface area contributed by atoms with Crippen LogP contribution < -0.4 is 10.2 Å². The molecule has 0 spiro atoms. The van der Waals surface area contributed by atoms with Crippen LogP contribution >= 0.6 is 22.9 Å². The van der Waals surface area contributed by atoms with Crippen molar-refractivity contribution in [2.24, 2.45) is 0 Å². The molecule has 3 rings (SSSR count). The second-order valence-corrected chi connectivity index (χ2v) is 7.97. The molecule has 1 aromatic carbocycles. The van der Waals surface area contributed by atoms with Gasteiger partial charge in [0, 0.05) is 21.6 Å². The predicted molar refractivity (Wildman–Crippen MR) is 102 cm³/mol. The first-order valence-corrected chi connectivity index (χ1v) is 10.0. The fourth-order valence-electron chi connectivity index (χ4n) is 3.29. The predicted octanol–water partition coefficient (Wildman–Crippen LogP) is 5.10. The molecule has 0 unspecified atom stereocenters. The Kier molecular flexibility index (Phi) is 6.30. The van der Waals surface area contributed by atoms with E-state index in [4.69, 9.17) is 11.6 Å². The topological polar surface area (TPSA) is 49.4 Å². The van der Waals surface area contributed by atoms with Gasteiger partial charge in [0.15, 0.2) is 6.04 Å². The first-order valence-electron chi connectivity index (χ1n) is 8.77. The average Bonchev–Trinajstić information content (AvgIpc) is 3.33. The second-order valence-electron chi connectivity index (χ2n) is 6.56. The molecule has 1 N–H and O–H groups in total. The van der Waals surface area contributed by atoms with Gasteiger partial charge in [0.25, 0.3) is 0 Å². The Morgan fingerprint density at radius 1 is 1.14 bits per heavy atom. The lowest BCUT2D eigenvalue weighted by Gasteiger charge is -2.31. The summed E-state index contributed by atoms with van der Waals surface area (Å²) >= 11 is 6.96. The number of nitrogens with zero attached hydrogens (tertiary/aromatic N) is 1. The molecule has 1 aliphatic carbocycles. The molecular formula is C19H18ClF3N2O2S. The Morgan fingerprint density at radius 2 is 1.79 bits per heavy atom. The molecule has 0 saturated heterocycles. The number of nitrogens with one attached hydrogen (secondary N) is 1. The number of benzene rings is 1. The number of rotatable bonds is 5. The summed E-state index contributed by atoms with van der Waals surface area (Å²) < 4.78 is 40.2. The summed E-state index contributed by atoms with van der Waals surface area (Å²) in [5.41, 5.74) is -0.0494. The Bertz CT molecular complexity index is 819. The molecule has 1 saturated carbocycles. The van der Waals surface area contributed by atoms with Gasteiger partial charge >= 0.3 is 12.1 Å². The molecule has 0 bridgehead atoms. The van der Waals surface area contributed by atoms with Crippen LogP contribution in [0, 0.1) is 0 Å². The van der Waals surface area contributed by atoms with Crippen molar-refractivity contribution < 1.29 is 22.8 Å². The van der Waals surface area contributed by atoms with Crippen LogP contribution in [0.15, 0.2) is 41.8 Å². The largest absolute Gasteiger partial charge is 0.471 e. The molecular weight excluding hydrogens is 413 g/mol. The van der Waals surface area contributed by atoms with Crippen molar-refractivity contribution in [3.8, 4) is 0 Å². The summed E-state index contributed by atoms with van der Waals surface area (Å²) in [7, 11) is 0. The van der Waals surface area contributed by atoms with Crippen LogP contribution in [0.2, 0.25) is 5.02 Å². The zero-order valence-electron chi connectivity index (χ0n) is 14.7. The number of halogens is 4. The van der Waals surface area contributed by atoms with Crippen molar-refractivity contribution in [3.63, 3.8) is 0 Å². The van der Waals surface area contributed by atoms with Crippen molar-refractivity contribution in [2.75, 3.05) is 4.90 Å². The number of anilines is 1. The number of amides is 2. The van der Waals surface area contributed by atoms with E-state index in [-0.39, 0.29) is 11.7 Å². The number of alkyl halides is 3. The van der Waals surface area contributed by atoms with Gasteiger partial charge in [-0.25, -0.2) is 0 Å². The van der Waals surface area contributed by atoms with Gasteiger partial charge in [-0.3, -0.25) is 14.5 Å². The third kappa shape index (κ3) is 4.67. The highest BCUT2D eigenvalue weighted by Crippen LogP contribution is 2.35. The molecule has 2 aromatic rings. The maximum atomic E-state index is 13.4. The molecule has 28 heavy (non-hydrogen) atoms. The molecule has 1 aliphatic rings. The van der Waals surface area contributed by atoms with Gasteiger partial charge in [-0.2, -0.15) is 13.2 Å². The van der Waals surface area contributed by atoms with Crippen LogP contribution in [0.4, 0.5) is 18.9 Å². The lowest BCUT2D eigenvalue weighted by atomic mass is 10.1. The van der Waals surface area contributed by atoms with Crippen LogP contribution in [-0.2, 0) is 9.59 Å². The first kappa shape index (κ1) is 20.7. The fourth-order valence-corrected chi connectivity index (χ4v) is 4.23. The summed E-state index contributed by atoms with van der Waals surface area (Å²) in [5, 5.41) is 4.78. The number of carbonyl (C=O) groups is 2. The summed E-state index contributed by atoms with van der Waals surface area (Å²) in [5.74, 6) is -2.73. The van der Waals surface area contributed by atoms with Gasteiger partial charge in [-0.1, -0.05) is 30.5 Å². The average molecular weight is 431 g/mol. The number of hydrogen-bond acceptors (Lipinski definition) is 3. The minimum absolute atomic E-state index is 0.0494. The van der Waals surface area contributed by atoms with Crippen molar-refractivity contribution in [1.29, 1.82) is 0 Å². The van der Waals surface area contributed by atoms with Gasteiger partial charge in [0.2, 0.25) is 5.91 Å². The Balaban J connectivity index is 2.03. The van der Waals surface area contributed by atoms with Crippen molar-refractivity contribution in [3.05, 3.63) is 51.7 Å². The van der Waals surface area contributed by atoms with Crippen LogP contribution in [-0.4, -0.2) is 24.0 Å². The van der Waals surface area contributed by atoms with Crippen LogP contribution in [0.5, 0.6) is 0 Å². The quantitative estimate of drug-likeness (QED) is 0.717. The molecule has 0 radical (unpaired) electrons. The van der Waals surface area contributed by atoms with E-state index in [9.17, 15) is 22.8 Å². The van der Waals surface area contributed by atoms with E-state index in [2.05, 4.69) is 5.32 Å². The standard InChI is InChI=1S/C19H18ClF3N2O2S/c20-12-7-9-14(10-8-12)25(18(27)19(21,22)23)16(15-6-3-11-28-15)17(26)24-13-4-1-2-5-13/h3,6-11,13,16H,1-2,4-5H2,(H,24,26)/t16-/m0/s1. The zero-order chi connectivity index (χ0) is 20.3. The van der Waals surface area contributed by atoms with E-state index in [1.54, 1.807) is 17.5 Å². The van der Waals surface area contributed by atoms with Crippen LogP contribution in [0.25, 0.3) is 0 Å². The highest BCUT2D eigenvalue weighted by atomic mass is 35.5. The Morgan fingerprint density at radius 3 is 2.32 bits per heavy atom. The number of hydrogen-bond donors (Lipinski definition) is 1. The summed E-state index contributed by atoms with van der Waals surface area (Å²) in [6, 6.07) is 7.04. The van der Waals surface area contributed by atoms with Crippen LogP contribution in [0.1, 0.15) is 36.6 Å². The van der Waals surface area contributed by atoms with Crippen molar-refractivity contribution in [2.45, 2.75) is 43.9 Å². The van der Waals surface area contributed by atoms with Gasteiger partial charge in [0.1, 0.15) is 0 Å². The molecule has 9 heteroatoms. The highest BCUT2D eigenvalue weighted by Gasteiger charge is 2.47. The maximum Gasteiger partial charge on any atom is 0.471 e. The van der Waals surface area contributed by atoms with E-state index < -0.39 is 24.0 Å². The smallest absolute Gasteiger partial charge is 0.351 e. The fraction of sp³-hybridized carbons (Fsp3) is 0.368. The Labute approximate surface area is 169 Å². The van der Waals surface area contributed by atoms with E-state index in [0.717, 1.165) is 37.0 Å². The molecule has 2 amide bonds. The highest BCUT2D eigenvalue weighted by molar-refractivity contribution is 7.10. The number of thiophene rings is 1. The zero-order valence-corrected chi connectivity index (χ0v) is 16.3. The minimum atomic E-state index is -5.14. The van der Waals surface area contributed by atoms with Gasteiger partial charge < -0.3 is 5.32 Å². The number of carbonyl (C=O) groups excluding carboxylic acids is 2. The first-order chi connectivity index (χ1) is 13.3. The van der Waals surface area contributed by atoms with Gasteiger partial charge in [-0.15, -0.1) is 11.3 Å². The SMILES string of the molecule is O=C(NC1CCCC1)[C@H](c1cccs1)N(C(=O)C(F)(F)F)c1ccc(Cl)cc1. The van der Waals surface area contributed by atoms with E-state index in [1.165, 1.54) is 24.3 Å². The van der Waals surface area contributed by atoms with Crippen LogP contribution in [0.3, 0.4) is 0 Å². The summed E-state index contributed by atoms with van der Waals surface area (Å²) in [4.78, 5) is 26.2. The van der Waals surface area contributed by atoms with Crippen molar-refractivity contribution in [1.82, 2.24) is 5.32 Å². The molecule has 0 aliphatic heterocycles. The molecule has 1 heterocycles.